The molecule has 2 heteroatoms. The topological polar surface area (TPSA) is 15.3 Å². The number of nitrogens with one attached hydrogen (secondary N) is 1. The zero-order valence-electron chi connectivity index (χ0n) is 13.2. The zero-order chi connectivity index (χ0) is 13.5. The number of hydrogen-bond donors (Lipinski definition) is 1. The van der Waals surface area contributed by atoms with Crippen LogP contribution in [0.2, 0.25) is 0 Å². The van der Waals surface area contributed by atoms with Crippen LogP contribution in [0.25, 0.3) is 0 Å². The van der Waals surface area contributed by atoms with Crippen LogP contribution in [-0.4, -0.2) is 37.1 Å². The van der Waals surface area contributed by atoms with Gasteiger partial charge in [0.05, 0.1) is 0 Å². The van der Waals surface area contributed by atoms with E-state index in [9.17, 15) is 0 Å². The first-order chi connectivity index (χ1) is 9.29. The van der Waals surface area contributed by atoms with E-state index in [2.05, 4.69) is 24.2 Å². The first-order valence-electron chi connectivity index (χ1n) is 8.73. The summed E-state index contributed by atoms with van der Waals surface area (Å²) < 4.78 is 0. The van der Waals surface area contributed by atoms with Crippen molar-refractivity contribution < 1.29 is 0 Å². The van der Waals surface area contributed by atoms with Crippen molar-refractivity contribution in [2.75, 3.05) is 20.1 Å². The van der Waals surface area contributed by atoms with E-state index < -0.39 is 0 Å². The molecule has 2 rings (SSSR count). The molecule has 19 heavy (non-hydrogen) atoms. The predicted molar refractivity (Wildman–Crippen MR) is 83.5 cm³/mol. The molecule has 0 aromatic carbocycles. The molecule has 0 radical (unpaired) electrons. The lowest BCUT2D eigenvalue weighted by atomic mass is 9.84. The summed E-state index contributed by atoms with van der Waals surface area (Å²) in [4.78, 5) is 2.65. The lowest BCUT2D eigenvalue weighted by Crippen LogP contribution is -2.37. The lowest BCUT2D eigenvalue weighted by molar-refractivity contribution is 0.159. The summed E-state index contributed by atoms with van der Waals surface area (Å²) in [5.41, 5.74) is 0. The van der Waals surface area contributed by atoms with Crippen LogP contribution in [0.15, 0.2) is 0 Å². The molecule has 0 bridgehead atoms. The fourth-order valence-electron chi connectivity index (χ4n) is 3.93. The van der Waals surface area contributed by atoms with Crippen LogP contribution in [0.4, 0.5) is 0 Å². The Bertz CT molecular complexity index is 227. The molecule has 2 aliphatic rings. The molecule has 0 aromatic rings. The average Bonchev–Trinajstić information content (AvgIpc) is 2.48. The Hall–Kier alpha value is -0.0800. The molecule has 0 aromatic heterocycles. The van der Waals surface area contributed by atoms with Gasteiger partial charge in [-0.15, -0.1) is 0 Å². The Morgan fingerprint density at radius 2 is 1.84 bits per heavy atom. The highest BCUT2D eigenvalue weighted by Crippen LogP contribution is 2.29. The van der Waals surface area contributed by atoms with Crippen molar-refractivity contribution in [1.82, 2.24) is 10.2 Å². The Balaban J connectivity index is 1.57. The minimum Gasteiger partial charge on any atom is -0.314 e. The highest BCUT2D eigenvalue weighted by atomic mass is 15.1. The van der Waals surface area contributed by atoms with Crippen molar-refractivity contribution in [1.29, 1.82) is 0 Å². The van der Waals surface area contributed by atoms with Gasteiger partial charge in [0.1, 0.15) is 0 Å². The van der Waals surface area contributed by atoms with Crippen molar-refractivity contribution in [2.45, 2.75) is 83.2 Å². The number of nitrogens with zero attached hydrogens (tertiary/aromatic N) is 1. The van der Waals surface area contributed by atoms with E-state index in [-0.39, 0.29) is 0 Å². The van der Waals surface area contributed by atoms with Gasteiger partial charge in [-0.3, -0.25) is 0 Å². The fraction of sp³-hybridized carbons (Fsp3) is 1.00. The zero-order valence-corrected chi connectivity index (χ0v) is 13.2. The van der Waals surface area contributed by atoms with Crippen LogP contribution in [0.5, 0.6) is 0 Å². The van der Waals surface area contributed by atoms with Gasteiger partial charge in [-0.1, -0.05) is 19.8 Å². The van der Waals surface area contributed by atoms with Gasteiger partial charge in [0.25, 0.3) is 0 Å². The molecular formula is C17H34N2. The molecule has 1 unspecified atom stereocenters. The average molecular weight is 266 g/mol. The van der Waals surface area contributed by atoms with Gasteiger partial charge in [0.2, 0.25) is 0 Å². The molecule has 1 N–H and O–H groups in total. The van der Waals surface area contributed by atoms with Crippen molar-refractivity contribution in [3.8, 4) is 0 Å². The van der Waals surface area contributed by atoms with Crippen LogP contribution >= 0.6 is 0 Å². The lowest BCUT2D eigenvalue weighted by Gasteiger charge is -2.34. The second-order valence-corrected chi connectivity index (χ2v) is 6.85. The van der Waals surface area contributed by atoms with Gasteiger partial charge in [-0.2, -0.15) is 0 Å². The number of hydrogen-bond acceptors (Lipinski definition) is 2. The normalized spacial score (nSPS) is 32.7. The van der Waals surface area contributed by atoms with E-state index >= 15 is 0 Å². The second-order valence-electron chi connectivity index (χ2n) is 6.85. The van der Waals surface area contributed by atoms with Gasteiger partial charge in [0, 0.05) is 12.1 Å². The summed E-state index contributed by atoms with van der Waals surface area (Å²) >= 11 is 0. The fourth-order valence-corrected chi connectivity index (χ4v) is 3.93. The number of piperidine rings is 1. The Morgan fingerprint density at radius 3 is 2.47 bits per heavy atom. The van der Waals surface area contributed by atoms with E-state index in [1.54, 1.807) is 0 Å². The maximum Gasteiger partial charge on any atom is 0.00924 e. The first kappa shape index (κ1) is 15.3. The summed E-state index contributed by atoms with van der Waals surface area (Å²) in [6.45, 7) is 4.91. The van der Waals surface area contributed by atoms with Crippen LogP contribution < -0.4 is 5.32 Å². The first-order valence-corrected chi connectivity index (χ1v) is 8.73. The van der Waals surface area contributed by atoms with Gasteiger partial charge < -0.3 is 10.2 Å². The van der Waals surface area contributed by atoms with E-state index in [1.165, 1.54) is 77.3 Å². The van der Waals surface area contributed by atoms with E-state index in [1.807, 2.05) is 0 Å². The maximum absolute atomic E-state index is 3.67. The SMILES string of the molecule is CCC1CCC(N(C)CCCC2CCCCN2)CC1. The third-order valence-electron chi connectivity index (χ3n) is 5.49. The third kappa shape index (κ3) is 5.07. The molecule has 1 saturated heterocycles. The monoisotopic (exact) mass is 266 g/mol. The van der Waals surface area contributed by atoms with Crippen LogP contribution in [0.3, 0.4) is 0 Å². The Kier molecular flexibility index (Phi) is 6.66. The molecule has 0 spiro atoms. The summed E-state index contributed by atoms with van der Waals surface area (Å²) in [5.74, 6) is 1.02. The maximum atomic E-state index is 3.67. The molecule has 1 saturated carbocycles. The molecule has 1 aliphatic heterocycles. The summed E-state index contributed by atoms with van der Waals surface area (Å²) in [5, 5.41) is 3.67. The highest BCUT2D eigenvalue weighted by Gasteiger charge is 2.22. The standard InChI is InChI=1S/C17H34N2/c1-3-15-9-11-17(12-10-15)19(2)14-6-8-16-7-4-5-13-18-16/h15-18H,3-14H2,1-2H3. The minimum atomic E-state index is 0.818. The van der Waals surface area contributed by atoms with E-state index in [0.29, 0.717) is 0 Å². The largest absolute Gasteiger partial charge is 0.314 e. The van der Waals surface area contributed by atoms with Crippen molar-refractivity contribution >= 4 is 0 Å². The molecular weight excluding hydrogens is 232 g/mol. The van der Waals surface area contributed by atoms with Gasteiger partial charge >= 0.3 is 0 Å². The second kappa shape index (κ2) is 8.26. The van der Waals surface area contributed by atoms with Crippen LogP contribution in [0.1, 0.15) is 71.1 Å². The Labute approximate surface area is 120 Å². The van der Waals surface area contributed by atoms with Crippen LogP contribution in [0, 0.1) is 5.92 Å². The third-order valence-corrected chi connectivity index (χ3v) is 5.49. The van der Waals surface area contributed by atoms with E-state index in [0.717, 1.165) is 18.0 Å². The number of rotatable bonds is 6. The summed E-state index contributed by atoms with van der Waals surface area (Å²) in [6.07, 6.45) is 14.2. The minimum absolute atomic E-state index is 0.818. The molecule has 0 amide bonds. The van der Waals surface area contributed by atoms with Gasteiger partial charge in [-0.05, 0) is 77.4 Å². The summed E-state index contributed by atoms with van der Waals surface area (Å²) in [7, 11) is 2.35. The molecule has 2 nitrogen and oxygen atoms in total. The Morgan fingerprint density at radius 1 is 1.05 bits per heavy atom. The van der Waals surface area contributed by atoms with Crippen LogP contribution in [-0.2, 0) is 0 Å². The predicted octanol–water partition coefficient (Wildman–Crippen LogP) is 3.81. The molecule has 1 heterocycles. The molecule has 112 valence electrons. The highest BCUT2D eigenvalue weighted by molar-refractivity contribution is 4.78. The van der Waals surface area contributed by atoms with Crippen molar-refractivity contribution in [3.63, 3.8) is 0 Å². The smallest absolute Gasteiger partial charge is 0.00924 e. The quantitative estimate of drug-likeness (QED) is 0.786. The van der Waals surface area contributed by atoms with Crippen molar-refractivity contribution in [2.24, 2.45) is 5.92 Å². The molecule has 1 aliphatic carbocycles. The molecule has 1 atom stereocenters. The van der Waals surface area contributed by atoms with Crippen molar-refractivity contribution in [3.05, 3.63) is 0 Å². The molecule has 2 fully saturated rings. The van der Waals surface area contributed by atoms with E-state index in [4.69, 9.17) is 0 Å². The van der Waals surface area contributed by atoms with Gasteiger partial charge in [-0.25, -0.2) is 0 Å². The van der Waals surface area contributed by atoms with Gasteiger partial charge in [0.15, 0.2) is 0 Å². The summed E-state index contributed by atoms with van der Waals surface area (Å²) in [6, 6.07) is 1.69.